The second-order valence-corrected chi connectivity index (χ2v) is 6.70. The third kappa shape index (κ3) is 3.42. The summed E-state index contributed by atoms with van der Waals surface area (Å²) in [7, 11) is 3.21. The molecule has 0 aliphatic carbocycles. The van der Waals surface area contributed by atoms with Crippen molar-refractivity contribution in [3.8, 4) is 0 Å². The van der Waals surface area contributed by atoms with Crippen LogP contribution in [0.1, 0.15) is 30.5 Å². The third-order valence-electron chi connectivity index (χ3n) is 4.73. The second-order valence-electron chi connectivity index (χ2n) is 6.70. The highest BCUT2D eigenvalue weighted by Gasteiger charge is 2.18. The molecule has 27 heavy (non-hydrogen) atoms. The van der Waals surface area contributed by atoms with Gasteiger partial charge in [-0.2, -0.15) is 0 Å². The highest BCUT2D eigenvalue weighted by molar-refractivity contribution is 5.77. The Bertz CT molecular complexity index is 1110. The fourth-order valence-electron chi connectivity index (χ4n) is 3.14. The van der Waals surface area contributed by atoms with Crippen LogP contribution in [0.4, 0.5) is 0 Å². The van der Waals surface area contributed by atoms with Gasteiger partial charge in [0.25, 0.3) is 5.56 Å². The van der Waals surface area contributed by atoms with Gasteiger partial charge in [-0.25, -0.2) is 14.3 Å². The zero-order valence-corrected chi connectivity index (χ0v) is 15.9. The molecule has 2 aromatic heterocycles. The van der Waals surface area contributed by atoms with Gasteiger partial charge >= 0.3 is 5.69 Å². The number of nitrogens with zero attached hydrogens (tertiary/aromatic N) is 4. The van der Waals surface area contributed by atoms with Crippen LogP contribution in [-0.4, -0.2) is 24.6 Å². The zero-order valence-electron chi connectivity index (χ0n) is 15.9. The number of nitrogens with one attached hydrogen (secondary N) is 1. The molecule has 1 amide bonds. The summed E-state index contributed by atoms with van der Waals surface area (Å²) in [5.74, 6) is -0.386. The minimum Gasteiger partial charge on any atom is -0.348 e. The molecule has 0 unspecified atom stereocenters. The number of fused-ring (bicyclic) bond motifs is 1. The fraction of sp³-hybridized carbons (Fsp3) is 0.368. The maximum atomic E-state index is 12.7. The van der Waals surface area contributed by atoms with E-state index in [-0.39, 0.29) is 24.0 Å². The summed E-state index contributed by atoms with van der Waals surface area (Å²) in [5, 5.41) is 2.91. The Balaban J connectivity index is 1.89. The topological polar surface area (TPSA) is 90.9 Å². The van der Waals surface area contributed by atoms with Gasteiger partial charge in [-0.15, -0.1) is 0 Å². The Morgan fingerprint density at radius 3 is 2.48 bits per heavy atom. The highest BCUT2D eigenvalue weighted by atomic mass is 16.2. The van der Waals surface area contributed by atoms with E-state index in [2.05, 4.69) is 10.3 Å². The minimum atomic E-state index is -0.565. The molecule has 0 bridgehead atoms. The molecule has 1 N–H and O–H groups in total. The van der Waals surface area contributed by atoms with Crippen LogP contribution in [0.5, 0.6) is 0 Å². The van der Waals surface area contributed by atoms with E-state index >= 15 is 0 Å². The molecule has 0 aliphatic rings. The first-order valence-electron chi connectivity index (χ1n) is 8.80. The number of hydrogen-bond donors (Lipinski definition) is 1. The number of aromatic nitrogens is 4. The average molecular weight is 369 g/mol. The number of amides is 1. The Morgan fingerprint density at radius 1 is 1.19 bits per heavy atom. The number of aryl methyl sites for hydroxylation is 3. The molecule has 0 aliphatic heterocycles. The van der Waals surface area contributed by atoms with Gasteiger partial charge in [0.2, 0.25) is 5.91 Å². The molecule has 3 rings (SSSR count). The second kappa shape index (κ2) is 7.22. The maximum absolute atomic E-state index is 12.7. The summed E-state index contributed by atoms with van der Waals surface area (Å²) in [6.07, 6.45) is 2.17. The minimum absolute atomic E-state index is 0.182. The Kier molecular flexibility index (Phi) is 4.98. The normalized spacial score (nSPS) is 12.3. The van der Waals surface area contributed by atoms with Crippen molar-refractivity contribution >= 4 is 17.1 Å². The van der Waals surface area contributed by atoms with E-state index in [1.165, 1.54) is 17.9 Å². The Labute approximate surface area is 156 Å². The van der Waals surface area contributed by atoms with Crippen molar-refractivity contribution in [2.45, 2.75) is 32.9 Å². The first-order chi connectivity index (χ1) is 12.8. The molecule has 1 aromatic carbocycles. The van der Waals surface area contributed by atoms with Gasteiger partial charge in [-0.3, -0.25) is 14.2 Å². The molecule has 0 radical (unpaired) electrons. The van der Waals surface area contributed by atoms with E-state index in [9.17, 15) is 14.4 Å². The molecular formula is C19H23N5O3. The van der Waals surface area contributed by atoms with Gasteiger partial charge < -0.3 is 9.88 Å². The molecule has 0 fully saturated rings. The summed E-state index contributed by atoms with van der Waals surface area (Å²) in [5.41, 5.74) is 1.63. The average Bonchev–Trinajstić information content (AvgIpc) is 3.04. The number of imidazole rings is 1. The summed E-state index contributed by atoms with van der Waals surface area (Å²) < 4.78 is 3.77. The van der Waals surface area contributed by atoms with E-state index < -0.39 is 11.2 Å². The predicted molar refractivity (Wildman–Crippen MR) is 103 cm³/mol. The number of carbonyl (C=O) groups is 1. The molecule has 142 valence electrons. The van der Waals surface area contributed by atoms with E-state index in [1.54, 1.807) is 11.6 Å². The lowest BCUT2D eigenvalue weighted by atomic mass is 10.0. The maximum Gasteiger partial charge on any atom is 0.332 e. The van der Waals surface area contributed by atoms with Crippen molar-refractivity contribution in [3.63, 3.8) is 0 Å². The molecule has 8 heteroatoms. The predicted octanol–water partition coefficient (Wildman–Crippen LogP) is 1.01. The Hall–Kier alpha value is -3.16. The van der Waals surface area contributed by atoms with Crippen molar-refractivity contribution in [2.24, 2.45) is 14.1 Å². The monoisotopic (exact) mass is 369 g/mol. The lowest BCUT2D eigenvalue weighted by Crippen LogP contribution is -2.44. The van der Waals surface area contributed by atoms with Crippen molar-refractivity contribution in [3.05, 3.63) is 62.6 Å². The zero-order chi connectivity index (χ0) is 19.7. The van der Waals surface area contributed by atoms with Crippen LogP contribution in [0.2, 0.25) is 0 Å². The van der Waals surface area contributed by atoms with Crippen LogP contribution < -0.4 is 16.6 Å². The van der Waals surface area contributed by atoms with E-state index in [4.69, 9.17) is 0 Å². The molecule has 8 nitrogen and oxygen atoms in total. The molecule has 3 aromatic rings. The largest absolute Gasteiger partial charge is 0.348 e. The van der Waals surface area contributed by atoms with E-state index in [0.29, 0.717) is 12.1 Å². The fourth-order valence-corrected chi connectivity index (χ4v) is 3.14. The van der Waals surface area contributed by atoms with E-state index in [1.807, 2.05) is 38.1 Å². The lowest BCUT2D eigenvalue weighted by molar-refractivity contribution is -0.122. The molecule has 0 saturated heterocycles. The third-order valence-corrected chi connectivity index (χ3v) is 4.73. The summed E-state index contributed by atoms with van der Waals surface area (Å²) in [6, 6.07) is 7.73. The molecule has 1 atom stereocenters. The standard InChI is InChI=1S/C19H23N5O3/c1-5-14(13-8-6-12(2)7-9-13)21-15(25)10-24-18(26)16-17(20-11-22(16)3)23(4)19(24)27/h6-9,11,14H,5,10H2,1-4H3,(H,21,25)/t14-/m0/s1. The van der Waals surface area contributed by atoms with E-state index in [0.717, 1.165) is 15.7 Å². The van der Waals surface area contributed by atoms with Gasteiger partial charge in [-0.05, 0) is 18.9 Å². The summed E-state index contributed by atoms with van der Waals surface area (Å²) in [6.45, 7) is 3.63. The SMILES string of the molecule is CC[C@H](NC(=O)Cn1c(=O)c2c(ncn2C)n(C)c1=O)c1ccc(C)cc1. The van der Waals surface area contributed by atoms with Crippen LogP contribution in [0.3, 0.4) is 0 Å². The summed E-state index contributed by atoms with van der Waals surface area (Å²) >= 11 is 0. The van der Waals surface area contributed by atoms with Gasteiger partial charge in [0.05, 0.1) is 12.4 Å². The number of rotatable bonds is 5. The van der Waals surface area contributed by atoms with Gasteiger partial charge in [0.1, 0.15) is 6.54 Å². The Morgan fingerprint density at radius 2 is 1.85 bits per heavy atom. The van der Waals surface area contributed by atoms with Crippen molar-refractivity contribution in [2.75, 3.05) is 0 Å². The molecule has 2 heterocycles. The smallest absolute Gasteiger partial charge is 0.332 e. The quantitative estimate of drug-likeness (QED) is 0.727. The van der Waals surface area contributed by atoms with Crippen LogP contribution >= 0.6 is 0 Å². The van der Waals surface area contributed by atoms with Gasteiger partial charge in [-0.1, -0.05) is 36.8 Å². The van der Waals surface area contributed by atoms with Crippen LogP contribution in [-0.2, 0) is 25.4 Å². The van der Waals surface area contributed by atoms with Gasteiger partial charge in [0, 0.05) is 14.1 Å². The van der Waals surface area contributed by atoms with Crippen LogP contribution in [0, 0.1) is 6.92 Å². The number of carbonyl (C=O) groups excluding carboxylic acids is 1. The van der Waals surface area contributed by atoms with Crippen molar-refractivity contribution in [1.82, 2.24) is 24.0 Å². The first kappa shape index (κ1) is 18.6. The highest BCUT2D eigenvalue weighted by Crippen LogP contribution is 2.17. The summed E-state index contributed by atoms with van der Waals surface area (Å²) in [4.78, 5) is 41.8. The molecule has 0 spiro atoms. The molecular weight excluding hydrogens is 346 g/mol. The van der Waals surface area contributed by atoms with Crippen LogP contribution in [0.25, 0.3) is 11.2 Å². The number of benzene rings is 1. The van der Waals surface area contributed by atoms with Crippen molar-refractivity contribution < 1.29 is 4.79 Å². The number of hydrogen-bond acceptors (Lipinski definition) is 4. The first-order valence-corrected chi connectivity index (χ1v) is 8.80. The molecule has 0 saturated carbocycles. The lowest BCUT2D eigenvalue weighted by Gasteiger charge is -2.18. The van der Waals surface area contributed by atoms with Gasteiger partial charge in [0.15, 0.2) is 11.2 Å². The van der Waals surface area contributed by atoms with Crippen molar-refractivity contribution in [1.29, 1.82) is 0 Å². The van der Waals surface area contributed by atoms with Crippen LogP contribution in [0.15, 0.2) is 40.2 Å².